The Labute approximate surface area is 182 Å². The number of nitrogens with zero attached hydrogens (tertiary/aromatic N) is 1. The number of para-hydroxylation sites is 1. The molecule has 0 saturated carbocycles. The first-order chi connectivity index (χ1) is 13.1. The summed E-state index contributed by atoms with van der Waals surface area (Å²) in [7, 11) is 0. The number of hydrogen-bond donors (Lipinski definition) is 3. The van der Waals surface area contributed by atoms with Crippen molar-refractivity contribution in [2.45, 2.75) is 13.0 Å². The zero-order valence-corrected chi connectivity index (χ0v) is 17.9. The molecule has 0 aliphatic rings. The van der Waals surface area contributed by atoms with E-state index in [1.165, 1.54) is 0 Å². The number of hydrogen-bond acceptors (Lipinski definition) is 3. The number of anilines is 1. The molecule has 28 heavy (non-hydrogen) atoms. The summed E-state index contributed by atoms with van der Waals surface area (Å²) in [6.07, 6.45) is -0.696. The van der Waals surface area contributed by atoms with Crippen LogP contribution in [-0.2, 0) is 0 Å². The van der Waals surface area contributed by atoms with E-state index in [4.69, 9.17) is 10.5 Å². The third-order valence-corrected chi connectivity index (χ3v) is 3.98. The van der Waals surface area contributed by atoms with Crippen LogP contribution in [0.1, 0.15) is 17.2 Å². The van der Waals surface area contributed by atoms with Crippen molar-refractivity contribution in [2.24, 2.45) is 10.7 Å². The van der Waals surface area contributed by atoms with Crippen LogP contribution in [-0.4, -0.2) is 17.6 Å². The van der Waals surface area contributed by atoms with E-state index in [0.29, 0.717) is 5.75 Å². The fraction of sp³-hybridized carbons (Fsp3) is 0.136. The minimum Gasteiger partial charge on any atom is -0.457 e. The Kier molecular flexibility index (Phi) is 8.28. The highest BCUT2D eigenvalue weighted by molar-refractivity contribution is 14.0. The summed E-state index contributed by atoms with van der Waals surface area (Å²) < 4.78 is 5.81. The van der Waals surface area contributed by atoms with Gasteiger partial charge in [-0.3, -0.25) is 4.99 Å². The third kappa shape index (κ3) is 6.54. The van der Waals surface area contributed by atoms with E-state index in [1.807, 2.05) is 85.8 Å². The zero-order chi connectivity index (χ0) is 19.1. The van der Waals surface area contributed by atoms with Crippen molar-refractivity contribution in [3.8, 4) is 11.5 Å². The number of halogens is 1. The Morgan fingerprint density at radius 1 is 1.00 bits per heavy atom. The summed E-state index contributed by atoms with van der Waals surface area (Å²) in [5.41, 5.74) is 8.67. The van der Waals surface area contributed by atoms with E-state index in [0.717, 1.165) is 22.6 Å². The minimum atomic E-state index is -0.696. The molecule has 0 amide bonds. The Bertz CT molecular complexity index is 899. The predicted octanol–water partition coefficient (Wildman–Crippen LogP) is 4.87. The molecule has 0 aromatic heterocycles. The summed E-state index contributed by atoms with van der Waals surface area (Å²) in [4.78, 5) is 4.22. The van der Waals surface area contributed by atoms with Crippen molar-refractivity contribution in [2.75, 3.05) is 11.9 Å². The molecule has 0 heterocycles. The zero-order valence-electron chi connectivity index (χ0n) is 15.6. The molecule has 146 valence electrons. The number of aliphatic hydroxyl groups excluding tert-OH is 1. The van der Waals surface area contributed by atoms with Crippen LogP contribution < -0.4 is 15.8 Å². The first-order valence-corrected chi connectivity index (χ1v) is 8.75. The minimum absolute atomic E-state index is 0. The van der Waals surface area contributed by atoms with Crippen LogP contribution in [0.3, 0.4) is 0 Å². The number of guanidine groups is 1. The van der Waals surface area contributed by atoms with E-state index in [-0.39, 0.29) is 36.5 Å². The second kappa shape index (κ2) is 10.7. The number of ether oxygens (including phenoxy) is 1. The molecule has 0 spiro atoms. The van der Waals surface area contributed by atoms with Gasteiger partial charge in [-0.25, -0.2) is 0 Å². The normalized spacial score (nSPS) is 12.0. The molecule has 1 unspecified atom stereocenters. The topological polar surface area (TPSA) is 79.9 Å². The smallest absolute Gasteiger partial charge is 0.193 e. The van der Waals surface area contributed by atoms with Gasteiger partial charge in [-0.05, 0) is 36.8 Å². The van der Waals surface area contributed by atoms with Crippen molar-refractivity contribution < 1.29 is 9.84 Å². The molecular formula is C22H24IN3O2. The van der Waals surface area contributed by atoms with E-state index < -0.39 is 6.10 Å². The fourth-order valence-electron chi connectivity index (χ4n) is 2.53. The Morgan fingerprint density at radius 3 is 2.39 bits per heavy atom. The van der Waals surface area contributed by atoms with Gasteiger partial charge in [0.15, 0.2) is 5.96 Å². The summed E-state index contributed by atoms with van der Waals surface area (Å²) in [5.74, 6) is 1.69. The average molecular weight is 489 g/mol. The molecule has 0 radical (unpaired) electrons. The van der Waals surface area contributed by atoms with Crippen LogP contribution in [0.2, 0.25) is 0 Å². The van der Waals surface area contributed by atoms with Crippen LogP contribution >= 0.6 is 24.0 Å². The lowest BCUT2D eigenvalue weighted by Gasteiger charge is -2.11. The van der Waals surface area contributed by atoms with E-state index in [9.17, 15) is 5.11 Å². The number of aliphatic hydroxyl groups is 1. The Hall–Kier alpha value is -2.58. The molecule has 0 saturated heterocycles. The molecule has 3 aromatic rings. The van der Waals surface area contributed by atoms with Gasteiger partial charge in [-0.15, -0.1) is 24.0 Å². The van der Waals surface area contributed by atoms with Gasteiger partial charge >= 0.3 is 0 Å². The third-order valence-electron chi connectivity index (χ3n) is 3.98. The SMILES string of the molecule is Cc1ccc(C(O)CN=C(N)Nc2cccc(Oc3ccccc3)c2)cc1.I. The molecule has 0 aliphatic carbocycles. The quantitative estimate of drug-likeness (QED) is 0.262. The van der Waals surface area contributed by atoms with Crippen LogP contribution in [0.5, 0.6) is 11.5 Å². The summed E-state index contributed by atoms with van der Waals surface area (Å²) in [6.45, 7) is 2.19. The lowest BCUT2D eigenvalue weighted by molar-refractivity contribution is 0.187. The van der Waals surface area contributed by atoms with E-state index in [1.54, 1.807) is 0 Å². The average Bonchev–Trinajstić information content (AvgIpc) is 2.68. The molecular weight excluding hydrogens is 465 g/mol. The van der Waals surface area contributed by atoms with E-state index >= 15 is 0 Å². The number of benzene rings is 3. The van der Waals surface area contributed by atoms with Gasteiger partial charge in [0.05, 0.1) is 12.6 Å². The van der Waals surface area contributed by atoms with Crippen LogP contribution in [0.25, 0.3) is 0 Å². The highest BCUT2D eigenvalue weighted by Crippen LogP contribution is 2.23. The van der Waals surface area contributed by atoms with Gasteiger partial charge in [-0.1, -0.05) is 54.1 Å². The van der Waals surface area contributed by atoms with Gasteiger partial charge in [0, 0.05) is 11.8 Å². The van der Waals surface area contributed by atoms with Crippen molar-refractivity contribution >= 4 is 35.6 Å². The van der Waals surface area contributed by atoms with Crippen LogP contribution in [0.4, 0.5) is 5.69 Å². The molecule has 1 atom stereocenters. The standard InChI is InChI=1S/C22H23N3O2.HI/c1-16-10-12-17(13-11-16)21(26)15-24-22(23)25-18-6-5-9-20(14-18)27-19-7-3-2-4-8-19;/h2-14,21,26H,15H2,1H3,(H3,23,24,25);1H. The lowest BCUT2D eigenvalue weighted by Crippen LogP contribution is -2.23. The number of aliphatic imine (C=N–C) groups is 1. The number of nitrogens with one attached hydrogen (secondary N) is 1. The van der Waals surface area contributed by atoms with Crippen molar-refractivity contribution in [1.29, 1.82) is 0 Å². The van der Waals surface area contributed by atoms with Crippen LogP contribution in [0, 0.1) is 6.92 Å². The Balaban J connectivity index is 0.00000280. The largest absolute Gasteiger partial charge is 0.457 e. The molecule has 0 fully saturated rings. The maximum Gasteiger partial charge on any atom is 0.193 e. The second-order valence-electron chi connectivity index (χ2n) is 6.22. The van der Waals surface area contributed by atoms with Gasteiger partial charge in [0.25, 0.3) is 0 Å². The number of aryl methyl sites for hydroxylation is 1. The predicted molar refractivity (Wildman–Crippen MR) is 125 cm³/mol. The van der Waals surface area contributed by atoms with Gasteiger partial charge in [-0.2, -0.15) is 0 Å². The number of nitrogens with two attached hydrogens (primary N) is 1. The summed E-state index contributed by atoms with van der Waals surface area (Å²) in [6, 6.07) is 24.7. The van der Waals surface area contributed by atoms with Crippen molar-refractivity contribution in [3.63, 3.8) is 0 Å². The fourth-order valence-corrected chi connectivity index (χ4v) is 2.53. The number of rotatable bonds is 6. The molecule has 0 aliphatic heterocycles. The molecule has 6 heteroatoms. The van der Waals surface area contributed by atoms with E-state index in [2.05, 4.69) is 10.3 Å². The molecule has 5 nitrogen and oxygen atoms in total. The van der Waals surface area contributed by atoms with Crippen molar-refractivity contribution in [1.82, 2.24) is 0 Å². The molecule has 0 bridgehead atoms. The maximum absolute atomic E-state index is 10.2. The highest BCUT2D eigenvalue weighted by atomic mass is 127. The highest BCUT2D eigenvalue weighted by Gasteiger charge is 2.07. The first kappa shape index (κ1) is 21.7. The Morgan fingerprint density at radius 2 is 1.68 bits per heavy atom. The summed E-state index contributed by atoms with van der Waals surface area (Å²) in [5, 5.41) is 13.2. The second-order valence-corrected chi connectivity index (χ2v) is 6.22. The molecule has 3 rings (SSSR count). The van der Waals surface area contributed by atoms with Crippen molar-refractivity contribution in [3.05, 3.63) is 90.0 Å². The molecule has 4 N–H and O–H groups in total. The van der Waals surface area contributed by atoms with Crippen LogP contribution in [0.15, 0.2) is 83.9 Å². The lowest BCUT2D eigenvalue weighted by atomic mass is 10.1. The monoisotopic (exact) mass is 489 g/mol. The maximum atomic E-state index is 10.2. The molecule has 3 aromatic carbocycles. The van der Waals surface area contributed by atoms with Gasteiger partial charge in [0.2, 0.25) is 0 Å². The van der Waals surface area contributed by atoms with Gasteiger partial charge in [0.1, 0.15) is 11.5 Å². The van der Waals surface area contributed by atoms with Gasteiger partial charge < -0.3 is 20.9 Å². The first-order valence-electron chi connectivity index (χ1n) is 8.75. The summed E-state index contributed by atoms with van der Waals surface area (Å²) >= 11 is 0.